The summed E-state index contributed by atoms with van der Waals surface area (Å²) in [5.41, 5.74) is 2.36. The Morgan fingerprint density at radius 2 is 1.83 bits per heavy atom. The molecule has 1 amide bonds. The summed E-state index contributed by atoms with van der Waals surface area (Å²) in [4.78, 5) is 12.6. The molecule has 30 heavy (non-hydrogen) atoms. The third-order valence-electron chi connectivity index (χ3n) is 6.04. The number of benzene rings is 2. The Labute approximate surface area is 178 Å². The van der Waals surface area contributed by atoms with Gasteiger partial charge in [0.05, 0.1) is 17.7 Å². The zero-order chi connectivity index (χ0) is 21.1. The van der Waals surface area contributed by atoms with Crippen LogP contribution in [0.25, 0.3) is 0 Å². The van der Waals surface area contributed by atoms with Crippen molar-refractivity contribution in [2.75, 3.05) is 23.3 Å². The highest BCUT2D eigenvalue weighted by Crippen LogP contribution is 2.34. The molecule has 2 aliphatic rings. The van der Waals surface area contributed by atoms with Gasteiger partial charge in [0, 0.05) is 18.7 Å². The van der Waals surface area contributed by atoms with Gasteiger partial charge in [0.25, 0.3) is 10.0 Å². The first kappa shape index (κ1) is 20.7. The number of nitrogens with zero attached hydrogens (tertiary/aromatic N) is 1. The standard InChI is InChI=1S/C23H28N2O4S/c1-29-20-9-11-21(12-10-20)30(27,28)25-14-4-7-18-16-19(8-13-22(18)25)24-23(26)15-17-5-2-3-6-17/h8-13,16-17H,2-7,14-15H2,1H3,(H,24,26). The maximum atomic E-state index is 13.2. The van der Waals surface area contributed by atoms with Crippen LogP contribution in [-0.4, -0.2) is 28.0 Å². The van der Waals surface area contributed by atoms with E-state index in [0.717, 1.165) is 36.9 Å². The maximum absolute atomic E-state index is 13.2. The molecule has 0 spiro atoms. The number of carbonyl (C=O) groups excluding carboxylic acids is 1. The minimum Gasteiger partial charge on any atom is -0.497 e. The summed E-state index contributed by atoms with van der Waals surface area (Å²) in [5.74, 6) is 1.15. The second-order valence-electron chi connectivity index (χ2n) is 8.10. The molecule has 1 aliphatic carbocycles. The van der Waals surface area contributed by atoms with Crippen LogP contribution in [0.1, 0.15) is 44.1 Å². The second kappa shape index (κ2) is 8.68. The van der Waals surface area contributed by atoms with Gasteiger partial charge in [-0.3, -0.25) is 9.10 Å². The lowest BCUT2D eigenvalue weighted by Crippen LogP contribution is -2.35. The van der Waals surface area contributed by atoms with Crippen molar-refractivity contribution in [2.45, 2.75) is 49.8 Å². The van der Waals surface area contributed by atoms with Crippen molar-refractivity contribution >= 4 is 27.3 Å². The van der Waals surface area contributed by atoms with E-state index >= 15 is 0 Å². The molecule has 1 saturated carbocycles. The third-order valence-corrected chi connectivity index (χ3v) is 7.86. The predicted octanol–water partition coefficient (Wildman–Crippen LogP) is 4.36. The first-order valence-corrected chi connectivity index (χ1v) is 12.0. The fourth-order valence-corrected chi connectivity index (χ4v) is 5.99. The second-order valence-corrected chi connectivity index (χ2v) is 9.96. The van der Waals surface area contributed by atoms with Gasteiger partial charge in [0.1, 0.15) is 5.75 Å². The van der Waals surface area contributed by atoms with Crippen LogP contribution in [0.2, 0.25) is 0 Å². The zero-order valence-electron chi connectivity index (χ0n) is 17.3. The van der Waals surface area contributed by atoms with Crippen LogP contribution in [0.15, 0.2) is 47.4 Å². The first-order valence-electron chi connectivity index (χ1n) is 10.6. The van der Waals surface area contributed by atoms with E-state index in [2.05, 4.69) is 5.32 Å². The Hall–Kier alpha value is -2.54. The lowest BCUT2D eigenvalue weighted by atomic mass is 10.0. The van der Waals surface area contributed by atoms with E-state index in [1.165, 1.54) is 17.1 Å². The summed E-state index contributed by atoms with van der Waals surface area (Å²) in [6, 6.07) is 12.0. The largest absolute Gasteiger partial charge is 0.497 e. The number of aryl methyl sites for hydroxylation is 1. The molecule has 0 atom stereocenters. The molecule has 160 valence electrons. The fraction of sp³-hybridized carbons (Fsp3) is 0.435. The topological polar surface area (TPSA) is 75.7 Å². The Balaban J connectivity index is 1.53. The molecule has 2 aromatic rings. The van der Waals surface area contributed by atoms with Gasteiger partial charge in [-0.25, -0.2) is 8.42 Å². The van der Waals surface area contributed by atoms with E-state index in [-0.39, 0.29) is 10.8 Å². The predicted molar refractivity (Wildman–Crippen MR) is 117 cm³/mol. The third kappa shape index (κ3) is 4.31. The molecular formula is C23H28N2O4S. The molecular weight excluding hydrogens is 400 g/mol. The Morgan fingerprint density at radius 3 is 2.53 bits per heavy atom. The molecule has 1 aliphatic heterocycles. The zero-order valence-corrected chi connectivity index (χ0v) is 18.1. The van der Waals surface area contributed by atoms with Crippen molar-refractivity contribution in [3.8, 4) is 5.75 Å². The Morgan fingerprint density at radius 1 is 1.10 bits per heavy atom. The molecule has 0 radical (unpaired) electrons. The van der Waals surface area contributed by atoms with Crippen LogP contribution in [0, 0.1) is 5.92 Å². The minimum absolute atomic E-state index is 0.0420. The van der Waals surface area contributed by atoms with E-state index in [4.69, 9.17) is 4.74 Å². The van der Waals surface area contributed by atoms with Crippen molar-refractivity contribution in [3.05, 3.63) is 48.0 Å². The Kier molecular flexibility index (Phi) is 5.99. The minimum atomic E-state index is -3.66. The van der Waals surface area contributed by atoms with Crippen molar-refractivity contribution in [2.24, 2.45) is 5.92 Å². The highest BCUT2D eigenvalue weighted by atomic mass is 32.2. The number of methoxy groups -OCH3 is 1. The summed E-state index contributed by atoms with van der Waals surface area (Å²) in [6.07, 6.45) is 6.80. The molecule has 0 bridgehead atoms. The van der Waals surface area contributed by atoms with E-state index in [1.807, 2.05) is 6.07 Å². The summed E-state index contributed by atoms with van der Waals surface area (Å²) in [5, 5.41) is 3.00. The van der Waals surface area contributed by atoms with Crippen LogP contribution < -0.4 is 14.4 Å². The van der Waals surface area contributed by atoms with Crippen molar-refractivity contribution in [1.29, 1.82) is 0 Å². The normalized spacial score (nSPS) is 16.9. The number of anilines is 2. The van der Waals surface area contributed by atoms with Crippen LogP contribution in [0.5, 0.6) is 5.75 Å². The van der Waals surface area contributed by atoms with Gasteiger partial charge in [-0.05, 0) is 79.6 Å². The lowest BCUT2D eigenvalue weighted by Gasteiger charge is -2.31. The highest BCUT2D eigenvalue weighted by Gasteiger charge is 2.29. The SMILES string of the molecule is COc1ccc(S(=O)(=O)N2CCCc3cc(NC(=O)CC4CCCC4)ccc32)cc1. The molecule has 1 N–H and O–H groups in total. The molecule has 1 heterocycles. The fourth-order valence-electron chi connectivity index (χ4n) is 4.45. The van der Waals surface area contributed by atoms with Gasteiger partial charge in [-0.15, -0.1) is 0 Å². The first-order chi connectivity index (χ1) is 14.5. The van der Waals surface area contributed by atoms with E-state index in [1.54, 1.807) is 43.5 Å². The van der Waals surface area contributed by atoms with Crippen LogP contribution >= 0.6 is 0 Å². The summed E-state index contributed by atoms with van der Waals surface area (Å²) in [7, 11) is -2.11. The lowest BCUT2D eigenvalue weighted by molar-refractivity contribution is -0.117. The molecule has 1 fully saturated rings. The number of carbonyl (C=O) groups is 1. The molecule has 0 aromatic heterocycles. The molecule has 2 aromatic carbocycles. The maximum Gasteiger partial charge on any atom is 0.264 e. The number of rotatable bonds is 6. The summed E-state index contributed by atoms with van der Waals surface area (Å²) in [6.45, 7) is 0.439. The summed E-state index contributed by atoms with van der Waals surface area (Å²) >= 11 is 0. The van der Waals surface area contributed by atoms with Crippen molar-refractivity contribution in [3.63, 3.8) is 0 Å². The van der Waals surface area contributed by atoms with Gasteiger partial charge in [-0.2, -0.15) is 0 Å². The molecule has 0 unspecified atom stereocenters. The van der Waals surface area contributed by atoms with Gasteiger partial charge in [0.2, 0.25) is 5.91 Å². The number of ether oxygens (including phenoxy) is 1. The number of amides is 1. The van der Waals surface area contributed by atoms with Gasteiger partial charge < -0.3 is 10.1 Å². The van der Waals surface area contributed by atoms with Gasteiger partial charge >= 0.3 is 0 Å². The average Bonchev–Trinajstić information content (AvgIpc) is 3.26. The number of hydrogen-bond acceptors (Lipinski definition) is 4. The molecule has 4 rings (SSSR count). The van der Waals surface area contributed by atoms with E-state index in [0.29, 0.717) is 30.3 Å². The quantitative estimate of drug-likeness (QED) is 0.742. The monoisotopic (exact) mass is 428 g/mol. The van der Waals surface area contributed by atoms with Crippen molar-refractivity contribution < 1.29 is 17.9 Å². The number of hydrogen-bond donors (Lipinski definition) is 1. The molecule has 7 heteroatoms. The van der Waals surface area contributed by atoms with Crippen LogP contribution in [0.4, 0.5) is 11.4 Å². The van der Waals surface area contributed by atoms with Gasteiger partial charge in [0.15, 0.2) is 0 Å². The average molecular weight is 429 g/mol. The van der Waals surface area contributed by atoms with Crippen LogP contribution in [-0.2, 0) is 21.2 Å². The summed E-state index contributed by atoms with van der Waals surface area (Å²) < 4.78 is 33.0. The molecule has 0 saturated heterocycles. The van der Waals surface area contributed by atoms with Crippen molar-refractivity contribution in [1.82, 2.24) is 0 Å². The van der Waals surface area contributed by atoms with E-state index in [9.17, 15) is 13.2 Å². The van der Waals surface area contributed by atoms with Gasteiger partial charge in [-0.1, -0.05) is 12.8 Å². The highest BCUT2D eigenvalue weighted by molar-refractivity contribution is 7.92. The van der Waals surface area contributed by atoms with E-state index < -0.39 is 10.0 Å². The molecule has 6 nitrogen and oxygen atoms in total. The smallest absolute Gasteiger partial charge is 0.264 e. The number of sulfonamides is 1. The van der Waals surface area contributed by atoms with Crippen LogP contribution in [0.3, 0.4) is 0 Å². The Bertz CT molecular complexity index is 1010. The number of fused-ring (bicyclic) bond motifs is 1. The number of nitrogens with one attached hydrogen (secondary N) is 1.